The second-order valence-electron chi connectivity index (χ2n) is 6.36. The first-order chi connectivity index (χ1) is 14.7. The van der Waals surface area contributed by atoms with E-state index in [1.54, 1.807) is 11.3 Å². The maximum Gasteiger partial charge on any atom is 0.277 e. The van der Waals surface area contributed by atoms with Crippen molar-refractivity contribution in [3.63, 3.8) is 0 Å². The zero-order chi connectivity index (χ0) is 20.3. The zero-order valence-corrected chi connectivity index (χ0v) is 18.0. The van der Waals surface area contributed by atoms with Crippen LogP contribution < -0.4 is 5.32 Å². The van der Waals surface area contributed by atoms with Crippen molar-refractivity contribution in [2.24, 2.45) is 0 Å². The molecule has 2 aromatic carbocycles. The minimum absolute atomic E-state index is 0.159. The Morgan fingerprint density at radius 2 is 1.67 bits per heavy atom. The number of anilines is 1. The van der Waals surface area contributed by atoms with Crippen LogP contribution in [0.4, 0.5) is 5.13 Å². The highest BCUT2D eigenvalue weighted by molar-refractivity contribution is 7.99. The van der Waals surface area contributed by atoms with E-state index in [1.165, 1.54) is 27.8 Å². The third-order valence-corrected chi connectivity index (χ3v) is 7.07. The highest BCUT2D eigenvalue weighted by Crippen LogP contribution is 2.26. The molecule has 0 unspecified atom stereocenters. The van der Waals surface area contributed by atoms with E-state index in [0.29, 0.717) is 22.7 Å². The lowest BCUT2D eigenvalue weighted by Gasteiger charge is -1.98. The molecule has 1 N–H and O–H groups in total. The molecule has 150 valence electrons. The summed E-state index contributed by atoms with van der Waals surface area (Å²) in [6.07, 6.45) is 1.36. The van der Waals surface area contributed by atoms with E-state index in [-0.39, 0.29) is 11.7 Å². The van der Waals surface area contributed by atoms with Gasteiger partial charge in [0.25, 0.3) is 5.22 Å². The van der Waals surface area contributed by atoms with E-state index in [4.69, 9.17) is 4.42 Å². The van der Waals surface area contributed by atoms with E-state index in [2.05, 4.69) is 31.5 Å². The predicted octanol–water partition coefficient (Wildman–Crippen LogP) is 4.81. The van der Waals surface area contributed by atoms with Gasteiger partial charge < -0.3 is 9.73 Å². The average Bonchev–Trinajstić information content (AvgIpc) is 3.47. The Morgan fingerprint density at radius 1 is 0.933 bits per heavy atom. The fourth-order valence-electron chi connectivity index (χ4n) is 2.85. The summed E-state index contributed by atoms with van der Waals surface area (Å²) in [6.45, 7) is 0. The standard InChI is InChI=1S/C20H15N5O2S3/c26-16(23-19-22-13-6-2-4-8-15(13)30-19)11-28-20-25-24-17(27-20)9-10-18-21-12-5-1-3-7-14(12)29-18/h1-8H,9-11H2,(H,22,23,26). The number of amides is 1. The van der Waals surface area contributed by atoms with Gasteiger partial charge in [0, 0.05) is 12.8 Å². The molecule has 0 saturated heterocycles. The number of nitrogens with zero attached hydrogens (tertiary/aromatic N) is 4. The Hall–Kier alpha value is -2.82. The third kappa shape index (κ3) is 4.35. The van der Waals surface area contributed by atoms with Crippen LogP contribution in [0.3, 0.4) is 0 Å². The van der Waals surface area contributed by atoms with Gasteiger partial charge in [-0.2, -0.15) is 0 Å². The van der Waals surface area contributed by atoms with Crippen LogP contribution in [-0.2, 0) is 17.6 Å². The van der Waals surface area contributed by atoms with E-state index in [0.717, 1.165) is 27.2 Å². The van der Waals surface area contributed by atoms with Crippen molar-refractivity contribution >= 4 is 65.9 Å². The molecule has 10 heteroatoms. The van der Waals surface area contributed by atoms with Crippen LogP contribution in [0.5, 0.6) is 0 Å². The molecule has 0 aliphatic carbocycles. The maximum atomic E-state index is 12.2. The lowest BCUT2D eigenvalue weighted by Crippen LogP contribution is -2.13. The van der Waals surface area contributed by atoms with Crippen LogP contribution in [0.15, 0.2) is 58.2 Å². The van der Waals surface area contributed by atoms with Crippen molar-refractivity contribution in [2.75, 3.05) is 11.1 Å². The van der Waals surface area contributed by atoms with E-state index >= 15 is 0 Å². The first-order valence-electron chi connectivity index (χ1n) is 9.18. The van der Waals surface area contributed by atoms with Crippen LogP contribution in [0.25, 0.3) is 20.4 Å². The number of rotatable bonds is 7. The average molecular weight is 454 g/mol. The number of thioether (sulfide) groups is 1. The van der Waals surface area contributed by atoms with Crippen LogP contribution in [0, 0.1) is 0 Å². The summed E-state index contributed by atoms with van der Waals surface area (Å²) in [5.41, 5.74) is 1.89. The zero-order valence-electron chi connectivity index (χ0n) is 15.6. The largest absolute Gasteiger partial charge is 0.416 e. The van der Waals surface area contributed by atoms with Crippen molar-refractivity contribution < 1.29 is 9.21 Å². The molecule has 3 aromatic heterocycles. The Morgan fingerprint density at radius 3 is 2.43 bits per heavy atom. The molecule has 7 nitrogen and oxygen atoms in total. The number of para-hydroxylation sites is 2. The van der Waals surface area contributed by atoms with Crippen molar-refractivity contribution in [2.45, 2.75) is 18.1 Å². The van der Waals surface area contributed by atoms with Crippen molar-refractivity contribution in [3.05, 3.63) is 59.4 Å². The first-order valence-corrected chi connectivity index (χ1v) is 11.8. The summed E-state index contributed by atoms with van der Waals surface area (Å²) in [5.74, 6) is 0.562. The van der Waals surface area contributed by atoms with Gasteiger partial charge in [0.05, 0.1) is 31.2 Å². The molecule has 0 spiro atoms. The molecule has 1 amide bonds. The number of nitrogens with one attached hydrogen (secondary N) is 1. The van der Waals surface area contributed by atoms with Gasteiger partial charge in [0.1, 0.15) is 0 Å². The minimum Gasteiger partial charge on any atom is -0.416 e. The SMILES string of the molecule is O=C(CSc1nnc(CCc2nc3ccccc3s2)o1)Nc1nc2ccccc2s1. The number of thiazole rings is 2. The van der Waals surface area contributed by atoms with Gasteiger partial charge in [-0.3, -0.25) is 4.79 Å². The molecule has 0 saturated carbocycles. The van der Waals surface area contributed by atoms with E-state index in [1.807, 2.05) is 42.5 Å². The molecular formula is C20H15N5O2S3. The Kier molecular flexibility index (Phi) is 5.43. The fourth-order valence-corrected chi connectivity index (χ4v) is 5.28. The van der Waals surface area contributed by atoms with Gasteiger partial charge in [0.15, 0.2) is 5.13 Å². The van der Waals surface area contributed by atoms with Crippen molar-refractivity contribution in [1.82, 2.24) is 20.2 Å². The summed E-state index contributed by atoms with van der Waals surface area (Å²) < 4.78 is 7.86. The Bertz CT molecular complexity index is 1260. The smallest absolute Gasteiger partial charge is 0.277 e. The molecule has 0 fully saturated rings. The van der Waals surface area contributed by atoms with Crippen LogP contribution in [-0.4, -0.2) is 31.8 Å². The van der Waals surface area contributed by atoms with Crippen LogP contribution in [0.2, 0.25) is 0 Å². The van der Waals surface area contributed by atoms with Gasteiger partial charge in [-0.05, 0) is 24.3 Å². The number of carbonyl (C=O) groups is 1. The number of hydrogen-bond acceptors (Lipinski definition) is 9. The van der Waals surface area contributed by atoms with Crippen LogP contribution >= 0.6 is 34.4 Å². The van der Waals surface area contributed by atoms with E-state index in [9.17, 15) is 4.79 Å². The van der Waals surface area contributed by atoms with Gasteiger partial charge >= 0.3 is 0 Å². The predicted molar refractivity (Wildman–Crippen MR) is 120 cm³/mol. The molecule has 5 rings (SSSR count). The second-order valence-corrected chi connectivity index (χ2v) is 9.43. The molecule has 0 bridgehead atoms. The third-order valence-electron chi connectivity index (χ3n) is 4.21. The number of fused-ring (bicyclic) bond motifs is 2. The first kappa shape index (κ1) is 19.2. The molecule has 0 aliphatic heterocycles. The summed E-state index contributed by atoms with van der Waals surface area (Å²) in [6, 6.07) is 15.8. The number of aromatic nitrogens is 4. The number of benzene rings is 2. The number of hydrogen-bond donors (Lipinski definition) is 1. The second kappa shape index (κ2) is 8.50. The quantitative estimate of drug-likeness (QED) is 0.354. The molecule has 0 atom stereocenters. The van der Waals surface area contributed by atoms with E-state index < -0.39 is 0 Å². The van der Waals surface area contributed by atoms with Gasteiger partial charge in [-0.25, -0.2) is 9.97 Å². The van der Waals surface area contributed by atoms with Gasteiger partial charge in [-0.1, -0.05) is 47.4 Å². The molecule has 0 radical (unpaired) electrons. The topological polar surface area (TPSA) is 93.8 Å². The molecular weight excluding hydrogens is 438 g/mol. The summed E-state index contributed by atoms with van der Waals surface area (Å²) in [4.78, 5) is 21.2. The van der Waals surface area contributed by atoms with Crippen molar-refractivity contribution in [3.8, 4) is 0 Å². The molecule has 30 heavy (non-hydrogen) atoms. The fraction of sp³-hybridized carbons (Fsp3) is 0.150. The van der Waals surface area contributed by atoms with Crippen LogP contribution in [0.1, 0.15) is 10.9 Å². The Balaban J connectivity index is 1.13. The number of aryl methyl sites for hydroxylation is 2. The minimum atomic E-state index is -0.159. The normalized spacial score (nSPS) is 11.3. The maximum absolute atomic E-state index is 12.2. The van der Waals surface area contributed by atoms with Gasteiger partial charge in [0.2, 0.25) is 11.8 Å². The highest BCUT2D eigenvalue weighted by Gasteiger charge is 2.13. The highest BCUT2D eigenvalue weighted by atomic mass is 32.2. The monoisotopic (exact) mass is 453 g/mol. The molecule has 3 heterocycles. The lowest BCUT2D eigenvalue weighted by atomic mass is 10.3. The van der Waals surface area contributed by atoms with Gasteiger partial charge in [-0.15, -0.1) is 21.5 Å². The number of carbonyl (C=O) groups excluding carboxylic acids is 1. The molecule has 5 aromatic rings. The Labute approximate surface area is 183 Å². The summed E-state index contributed by atoms with van der Waals surface area (Å²) >= 11 is 4.34. The van der Waals surface area contributed by atoms with Crippen molar-refractivity contribution in [1.29, 1.82) is 0 Å². The summed E-state index contributed by atoms with van der Waals surface area (Å²) in [5, 5.41) is 12.9. The summed E-state index contributed by atoms with van der Waals surface area (Å²) in [7, 11) is 0. The molecule has 0 aliphatic rings. The lowest BCUT2D eigenvalue weighted by molar-refractivity contribution is -0.113.